The molecule has 38 heavy (non-hydrogen) atoms. The third kappa shape index (κ3) is 6.00. The lowest BCUT2D eigenvalue weighted by molar-refractivity contribution is -0.143. The van der Waals surface area contributed by atoms with Gasteiger partial charge in [-0.05, 0) is 53.6 Å². The Morgan fingerprint density at radius 1 is 0.632 bits per heavy atom. The molecule has 1 saturated heterocycles. The molecule has 1 heterocycles. The van der Waals surface area contributed by atoms with Gasteiger partial charge in [-0.2, -0.15) is 30.6 Å². The highest BCUT2D eigenvalue weighted by molar-refractivity contribution is 7.89. The van der Waals surface area contributed by atoms with Crippen molar-refractivity contribution < 1.29 is 43.5 Å². The highest BCUT2D eigenvalue weighted by Gasteiger charge is 2.40. The first-order valence-corrected chi connectivity index (χ1v) is 12.6. The molecule has 13 heteroatoms. The lowest BCUT2D eigenvalue weighted by atomic mass is 9.96. The van der Waals surface area contributed by atoms with Gasteiger partial charge in [-0.1, -0.05) is 24.3 Å². The number of halogens is 8. The highest BCUT2D eigenvalue weighted by Crippen LogP contribution is 2.38. The summed E-state index contributed by atoms with van der Waals surface area (Å²) in [6.07, 6.45) is -10.4. The molecule has 0 unspecified atom stereocenters. The van der Waals surface area contributed by atoms with E-state index in [9.17, 15) is 43.5 Å². The molecule has 0 radical (unpaired) electrons. The number of sulfonamides is 1. The second-order valence-electron chi connectivity index (χ2n) is 8.69. The number of nitrogens with zero attached hydrogens (tertiary/aromatic N) is 2. The van der Waals surface area contributed by atoms with Crippen molar-refractivity contribution in [1.82, 2.24) is 9.21 Å². The maximum Gasteiger partial charge on any atom is 0.416 e. The SMILES string of the molecule is O=S(=O)(c1cc(C(F)(F)F)cc(C(F)(F)F)c1)N1CCN(C(c2ccc(F)cc2)c2ccc(F)cc2)CC1. The first kappa shape index (κ1) is 28.0. The van der Waals surface area contributed by atoms with Crippen molar-refractivity contribution in [3.8, 4) is 0 Å². The Balaban J connectivity index is 1.62. The Morgan fingerprint density at radius 3 is 1.39 bits per heavy atom. The molecule has 0 saturated carbocycles. The molecule has 0 aliphatic carbocycles. The van der Waals surface area contributed by atoms with E-state index >= 15 is 0 Å². The van der Waals surface area contributed by atoms with Crippen molar-refractivity contribution in [2.45, 2.75) is 23.3 Å². The second-order valence-corrected chi connectivity index (χ2v) is 10.6. The average molecular weight is 564 g/mol. The molecular formula is C25H20F8N2O2S. The van der Waals surface area contributed by atoms with E-state index in [2.05, 4.69) is 0 Å². The molecule has 1 fully saturated rings. The van der Waals surface area contributed by atoms with Crippen LogP contribution in [-0.4, -0.2) is 43.8 Å². The molecule has 0 amide bonds. The van der Waals surface area contributed by atoms with Gasteiger partial charge < -0.3 is 0 Å². The van der Waals surface area contributed by atoms with Crippen molar-refractivity contribution in [2.75, 3.05) is 26.2 Å². The molecule has 0 N–H and O–H groups in total. The van der Waals surface area contributed by atoms with Crippen molar-refractivity contribution in [3.63, 3.8) is 0 Å². The van der Waals surface area contributed by atoms with Crippen molar-refractivity contribution in [3.05, 3.63) is 101 Å². The fourth-order valence-electron chi connectivity index (χ4n) is 4.33. The van der Waals surface area contributed by atoms with Crippen molar-refractivity contribution in [1.29, 1.82) is 0 Å². The van der Waals surface area contributed by atoms with Crippen LogP contribution in [0.5, 0.6) is 0 Å². The minimum Gasteiger partial charge on any atom is -0.290 e. The Morgan fingerprint density at radius 2 is 1.03 bits per heavy atom. The van der Waals surface area contributed by atoms with Crippen molar-refractivity contribution in [2.24, 2.45) is 0 Å². The molecule has 204 valence electrons. The molecule has 0 bridgehead atoms. The zero-order valence-corrected chi connectivity index (χ0v) is 20.2. The molecule has 3 aromatic rings. The number of hydrogen-bond donors (Lipinski definition) is 0. The summed E-state index contributed by atoms with van der Waals surface area (Å²) in [5.74, 6) is -0.969. The fraction of sp³-hybridized carbons (Fsp3) is 0.280. The Kier molecular flexibility index (Phi) is 7.56. The van der Waals surface area contributed by atoms with Crippen LogP contribution in [0.1, 0.15) is 28.3 Å². The van der Waals surface area contributed by atoms with Gasteiger partial charge in [-0.15, -0.1) is 0 Å². The van der Waals surface area contributed by atoms with Gasteiger partial charge in [0.25, 0.3) is 0 Å². The van der Waals surface area contributed by atoms with E-state index in [4.69, 9.17) is 0 Å². The number of piperazine rings is 1. The van der Waals surface area contributed by atoms with E-state index in [0.29, 0.717) is 11.1 Å². The molecule has 4 rings (SSSR count). The number of alkyl halides is 6. The van der Waals surface area contributed by atoms with Gasteiger partial charge in [-0.25, -0.2) is 17.2 Å². The minimum atomic E-state index is -5.19. The third-order valence-corrected chi connectivity index (χ3v) is 8.09. The standard InChI is InChI=1S/C25H20F8N2O2S/c26-20-5-1-16(2-6-20)23(17-3-7-21(27)8-4-17)34-9-11-35(12-10-34)38(36,37)22-14-18(24(28,29)30)13-19(15-22)25(31,32)33/h1-8,13-15,23H,9-12H2. The van der Waals surface area contributed by atoms with Gasteiger partial charge in [0.1, 0.15) is 11.6 Å². The Bertz CT molecular complexity index is 1300. The van der Waals surface area contributed by atoms with E-state index in [1.165, 1.54) is 48.5 Å². The van der Waals surface area contributed by atoms with E-state index < -0.39 is 56.1 Å². The van der Waals surface area contributed by atoms with Crippen LogP contribution in [0, 0.1) is 11.6 Å². The van der Waals surface area contributed by atoms with Crippen LogP contribution in [0.2, 0.25) is 0 Å². The summed E-state index contributed by atoms with van der Waals surface area (Å²) in [7, 11) is -4.71. The molecule has 0 atom stereocenters. The predicted molar refractivity (Wildman–Crippen MR) is 121 cm³/mol. The number of rotatable bonds is 5. The Labute approximate surface area is 213 Å². The lowest BCUT2D eigenvalue weighted by Crippen LogP contribution is -2.49. The van der Waals surface area contributed by atoms with Crippen molar-refractivity contribution >= 4 is 10.0 Å². The molecule has 3 aromatic carbocycles. The first-order valence-electron chi connectivity index (χ1n) is 11.2. The van der Waals surface area contributed by atoms with Gasteiger partial charge in [-0.3, -0.25) is 4.90 Å². The third-order valence-electron chi connectivity index (χ3n) is 6.21. The summed E-state index contributed by atoms with van der Waals surface area (Å²) >= 11 is 0. The molecule has 1 aliphatic rings. The smallest absolute Gasteiger partial charge is 0.290 e. The topological polar surface area (TPSA) is 40.6 Å². The van der Waals surface area contributed by atoms with E-state index in [-0.39, 0.29) is 44.4 Å². The zero-order chi connectivity index (χ0) is 27.9. The first-order chi connectivity index (χ1) is 17.7. The van der Waals surface area contributed by atoms with E-state index in [0.717, 1.165) is 4.31 Å². The summed E-state index contributed by atoms with van der Waals surface area (Å²) in [5.41, 5.74) is -2.20. The quantitative estimate of drug-likeness (QED) is 0.352. The highest BCUT2D eigenvalue weighted by atomic mass is 32.2. The lowest BCUT2D eigenvalue weighted by Gasteiger charge is -2.39. The van der Waals surface area contributed by atoms with Crippen LogP contribution in [-0.2, 0) is 22.4 Å². The molecule has 0 aromatic heterocycles. The summed E-state index contributed by atoms with van der Waals surface area (Å²) in [5, 5.41) is 0. The maximum atomic E-state index is 13.5. The normalized spacial score (nSPS) is 16.2. The fourth-order valence-corrected chi connectivity index (χ4v) is 5.82. The average Bonchev–Trinajstić information content (AvgIpc) is 2.85. The maximum absolute atomic E-state index is 13.5. The second kappa shape index (κ2) is 10.3. The molecule has 0 spiro atoms. The van der Waals surface area contributed by atoms with Crippen LogP contribution in [0.15, 0.2) is 71.6 Å². The molecule has 1 aliphatic heterocycles. The largest absolute Gasteiger partial charge is 0.416 e. The minimum absolute atomic E-state index is 0.0454. The van der Waals surface area contributed by atoms with E-state index in [1.54, 1.807) is 0 Å². The predicted octanol–water partition coefficient (Wildman–Crippen LogP) is 6.10. The molecule has 4 nitrogen and oxygen atoms in total. The summed E-state index contributed by atoms with van der Waals surface area (Å²) in [6.45, 7) is -0.384. The number of benzene rings is 3. The van der Waals surface area contributed by atoms with Gasteiger partial charge in [0.05, 0.1) is 22.1 Å². The van der Waals surface area contributed by atoms with Crippen LogP contribution < -0.4 is 0 Å². The molecular weight excluding hydrogens is 544 g/mol. The van der Waals surface area contributed by atoms with Gasteiger partial charge >= 0.3 is 12.4 Å². The van der Waals surface area contributed by atoms with Crippen LogP contribution in [0.25, 0.3) is 0 Å². The number of hydrogen-bond acceptors (Lipinski definition) is 3. The Hall–Kier alpha value is -3.03. The van der Waals surface area contributed by atoms with Gasteiger partial charge in [0, 0.05) is 26.2 Å². The summed E-state index contributed by atoms with van der Waals surface area (Å²) < 4.78 is 134. The van der Waals surface area contributed by atoms with Gasteiger partial charge in [0.15, 0.2) is 0 Å². The van der Waals surface area contributed by atoms with Crippen LogP contribution in [0.4, 0.5) is 35.1 Å². The van der Waals surface area contributed by atoms with Crippen LogP contribution in [0.3, 0.4) is 0 Å². The van der Waals surface area contributed by atoms with Crippen LogP contribution >= 0.6 is 0 Å². The van der Waals surface area contributed by atoms with Gasteiger partial charge in [0.2, 0.25) is 10.0 Å². The summed E-state index contributed by atoms with van der Waals surface area (Å²) in [6, 6.07) is 10.7. The summed E-state index contributed by atoms with van der Waals surface area (Å²) in [4.78, 5) is 0.710. The monoisotopic (exact) mass is 564 g/mol. The zero-order valence-electron chi connectivity index (χ0n) is 19.4. The van der Waals surface area contributed by atoms with E-state index in [1.807, 2.05) is 4.90 Å².